The molecule has 0 aliphatic carbocycles. The molecule has 0 saturated heterocycles. The maximum atomic E-state index is 10.8. The Morgan fingerprint density at radius 1 is 1.80 bits per heavy atom. The maximum Gasteiger partial charge on any atom is 0.249 e. The van der Waals surface area contributed by atoms with E-state index in [1.54, 1.807) is 11.4 Å². The summed E-state index contributed by atoms with van der Waals surface area (Å²) in [5, 5.41) is 13.4. The Labute approximate surface area is 92.7 Å². The highest BCUT2D eigenvalue weighted by molar-refractivity contribution is 7.10. The van der Waals surface area contributed by atoms with Crippen LogP contribution in [0, 0.1) is 11.3 Å². The Morgan fingerprint density at radius 3 is 3.07 bits per heavy atom. The number of carbonyl (C=O) groups excluding carboxylic acids is 1. The molecule has 0 saturated carbocycles. The summed E-state index contributed by atoms with van der Waals surface area (Å²) in [4.78, 5) is 11.9. The van der Waals surface area contributed by atoms with Crippen molar-refractivity contribution in [1.29, 1.82) is 5.26 Å². The number of nitrogens with two attached hydrogens (primary N) is 1. The van der Waals surface area contributed by atoms with Crippen LogP contribution in [0.5, 0.6) is 0 Å². The Morgan fingerprint density at radius 2 is 2.53 bits per heavy atom. The van der Waals surface area contributed by atoms with E-state index >= 15 is 0 Å². The van der Waals surface area contributed by atoms with Crippen LogP contribution in [0.4, 0.5) is 0 Å². The lowest BCUT2D eigenvalue weighted by molar-refractivity contribution is 0.100. The minimum Gasteiger partial charge on any atom is -0.366 e. The summed E-state index contributed by atoms with van der Waals surface area (Å²) in [6.07, 6.45) is 0.480. The van der Waals surface area contributed by atoms with Gasteiger partial charge in [0, 0.05) is 22.8 Å². The third kappa shape index (κ3) is 3.70. The molecule has 0 aliphatic heterocycles. The van der Waals surface area contributed by atoms with E-state index in [2.05, 4.69) is 11.4 Å². The first-order chi connectivity index (χ1) is 7.13. The van der Waals surface area contributed by atoms with Gasteiger partial charge in [-0.3, -0.25) is 4.79 Å². The van der Waals surface area contributed by atoms with Crippen LogP contribution in [0.3, 0.4) is 0 Å². The van der Waals surface area contributed by atoms with E-state index in [1.807, 2.05) is 6.92 Å². The Bertz CT molecular complexity index is 380. The van der Waals surface area contributed by atoms with Crippen LogP contribution in [0.25, 0.3) is 0 Å². The summed E-state index contributed by atoms with van der Waals surface area (Å²) in [6, 6.07) is 4.03. The van der Waals surface area contributed by atoms with Crippen LogP contribution >= 0.6 is 11.3 Å². The number of rotatable bonds is 5. The number of primary amides is 1. The third-order valence-corrected chi connectivity index (χ3v) is 2.90. The van der Waals surface area contributed by atoms with Crippen molar-refractivity contribution in [3.63, 3.8) is 0 Å². The molecule has 1 atom stereocenters. The molecule has 0 bridgehead atoms. The van der Waals surface area contributed by atoms with Gasteiger partial charge < -0.3 is 11.1 Å². The summed E-state index contributed by atoms with van der Waals surface area (Å²) in [5.41, 5.74) is 5.68. The quantitative estimate of drug-likeness (QED) is 0.788. The molecular formula is C10H13N3OS. The Hall–Kier alpha value is -1.38. The Kier molecular flexibility index (Phi) is 4.28. The number of nitriles is 1. The predicted octanol–water partition coefficient (Wildman–Crippen LogP) is 1.24. The molecule has 15 heavy (non-hydrogen) atoms. The van der Waals surface area contributed by atoms with Crippen LogP contribution in [-0.4, -0.2) is 11.9 Å². The van der Waals surface area contributed by atoms with Crippen LogP contribution in [0.2, 0.25) is 0 Å². The van der Waals surface area contributed by atoms with Crippen molar-refractivity contribution in [3.8, 4) is 6.07 Å². The molecule has 5 heteroatoms. The second-order valence-electron chi connectivity index (χ2n) is 3.31. The molecule has 1 rings (SSSR count). The van der Waals surface area contributed by atoms with Crippen LogP contribution < -0.4 is 11.1 Å². The summed E-state index contributed by atoms with van der Waals surface area (Å²) < 4.78 is 0. The van der Waals surface area contributed by atoms with Crippen molar-refractivity contribution >= 4 is 17.2 Å². The minimum absolute atomic E-state index is 0.161. The van der Waals surface area contributed by atoms with Gasteiger partial charge in [-0.25, -0.2) is 0 Å². The largest absolute Gasteiger partial charge is 0.366 e. The van der Waals surface area contributed by atoms with Crippen LogP contribution in [-0.2, 0) is 6.54 Å². The van der Waals surface area contributed by atoms with Crippen molar-refractivity contribution in [2.45, 2.75) is 25.9 Å². The minimum atomic E-state index is -0.400. The zero-order valence-corrected chi connectivity index (χ0v) is 9.30. The van der Waals surface area contributed by atoms with Crippen LogP contribution in [0.1, 0.15) is 28.6 Å². The number of amides is 1. The molecule has 1 aromatic heterocycles. The first-order valence-corrected chi connectivity index (χ1v) is 5.49. The molecule has 80 valence electrons. The molecule has 1 amide bonds. The standard InChI is InChI=1S/C10H13N3OS/c1-7(2-3-11)13-5-9-4-8(6-15-9)10(12)14/h4,6-7,13H,2,5H2,1H3,(H2,12,14). The van der Waals surface area contributed by atoms with Crippen molar-refractivity contribution in [2.24, 2.45) is 5.73 Å². The molecule has 0 aromatic carbocycles. The zero-order chi connectivity index (χ0) is 11.3. The zero-order valence-electron chi connectivity index (χ0n) is 8.49. The van der Waals surface area contributed by atoms with Gasteiger partial charge >= 0.3 is 0 Å². The molecule has 4 nitrogen and oxygen atoms in total. The number of hydrogen-bond acceptors (Lipinski definition) is 4. The van der Waals surface area contributed by atoms with Gasteiger partial charge in [-0.15, -0.1) is 11.3 Å². The van der Waals surface area contributed by atoms with E-state index in [0.29, 0.717) is 18.5 Å². The van der Waals surface area contributed by atoms with Gasteiger partial charge in [0.2, 0.25) is 5.91 Å². The summed E-state index contributed by atoms with van der Waals surface area (Å²) >= 11 is 1.49. The highest BCUT2D eigenvalue weighted by Crippen LogP contribution is 2.14. The van der Waals surface area contributed by atoms with Crippen LogP contribution in [0.15, 0.2) is 11.4 Å². The molecular weight excluding hydrogens is 210 g/mol. The third-order valence-electron chi connectivity index (χ3n) is 1.96. The number of carbonyl (C=O) groups is 1. The van der Waals surface area contributed by atoms with Crippen molar-refractivity contribution < 1.29 is 4.79 Å². The fourth-order valence-electron chi connectivity index (χ4n) is 1.09. The van der Waals surface area contributed by atoms with E-state index in [1.165, 1.54) is 11.3 Å². The highest BCUT2D eigenvalue weighted by atomic mass is 32.1. The van der Waals surface area contributed by atoms with E-state index in [9.17, 15) is 4.79 Å². The van der Waals surface area contributed by atoms with E-state index < -0.39 is 5.91 Å². The van der Waals surface area contributed by atoms with Gasteiger partial charge in [0.1, 0.15) is 0 Å². The van der Waals surface area contributed by atoms with E-state index in [0.717, 1.165) is 4.88 Å². The number of nitrogens with zero attached hydrogens (tertiary/aromatic N) is 1. The van der Waals surface area contributed by atoms with E-state index in [4.69, 9.17) is 11.0 Å². The fraction of sp³-hybridized carbons (Fsp3) is 0.400. The molecule has 0 radical (unpaired) electrons. The monoisotopic (exact) mass is 223 g/mol. The summed E-state index contributed by atoms with van der Waals surface area (Å²) in [5.74, 6) is -0.400. The lowest BCUT2D eigenvalue weighted by Gasteiger charge is -2.07. The summed E-state index contributed by atoms with van der Waals surface area (Å²) in [6.45, 7) is 2.62. The highest BCUT2D eigenvalue weighted by Gasteiger charge is 2.05. The molecule has 0 fully saturated rings. The van der Waals surface area contributed by atoms with Crippen molar-refractivity contribution in [3.05, 3.63) is 21.9 Å². The van der Waals surface area contributed by atoms with Gasteiger partial charge in [-0.2, -0.15) is 5.26 Å². The van der Waals surface area contributed by atoms with Gasteiger partial charge in [-0.05, 0) is 13.0 Å². The van der Waals surface area contributed by atoms with Gasteiger partial charge in [-0.1, -0.05) is 0 Å². The van der Waals surface area contributed by atoms with Gasteiger partial charge in [0.15, 0.2) is 0 Å². The normalized spacial score (nSPS) is 12.0. The second-order valence-corrected chi connectivity index (χ2v) is 4.31. The number of nitrogens with one attached hydrogen (secondary N) is 1. The lowest BCUT2D eigenvalue weighted by atomic mass is 10.2. The molecule has 0 aliphatic rings. The first kappa shape index (κ1) is 11.7. The Balaban J connectivity index is 2.45. The summed E-state index contributed by atoms with van der Waals surface area (Å²) in [7, 11) is 0. The molecule has 1 heterocycles. The first-order valence-electron chi connectivity index (χ1n) is 4.61. The smallest absolute Gasteiger partial charge is 0.249 e. The fourth-order valence-corrected chi connectivity index (χ4v) is 1.91. The lowest BCUT2D eigenvalue weighted by Crippen LogP contribution is -2.24. The van der Waals surface area contributed by atoms with Gasteiger partial charge in [0.05, 0.1) is 18.1 Å². The SMILES string of the molecule is CC(CC#N)NCc1cc(C(N)=O)cs1. The average molecular weight is 223 g/mol. The maximum absolute atomic E-state index is 10.8. The molecule has 1 unspecified atom stereocenters. The number of thiophene rings is 1. The predicted molar refractivity (Wildman–Crippen MR) is 59.4 cm³/mol. The number of hydrogen-bond donors (Lipinski definition) is 2. The average Bonchev–Trinajstić information content (AvgIpc) is 2.63. The topological polar surface area (TPSA) is 78.9 Å². The van der Waals surface area contributed by atoms with Crippen molar-refractivity contribution in [2.75, 3.05) is 0 Å². The molecule has 1 aromatic rings. The second kappa shape index (κ2) is 5.49. The van der Waals surface area contributed by atoms with Crippen molar-refractivity contribution in [1.82, 2.24) is 5.32 Å². The molecule has 0 spiro atoms. The molecule has 3 N–H and O–H groups in total. The van der Waals surface area contributed by atoms with Gasteiger partial charge in [0.25, 0.3) is 0 Å². The van der Waals surface area contributed by atoms with E-state index in [-0.39, 0.29) is 6.04 Å².